The van der Waals surface area contributed by atoms with Crippen molar-refractivity contribution in [2.24, 2.45) is 5.10 Å². The molecule has 0 aliphatic carbocycles. The Bertz CT molecular complexity index is 1070. The first-order valence-electron chi connectivity index (χ1n) is 9.32. The molecule has 31 heavy (non-hydrogen) atoms. The molecule has 0 aromatic heterocycles. The Kier molecular flexibility index (Phi) is 8.04. The Labute approximate surface area is 189 Å². The number of carbonyl (C=O) groups is 2. The fraction of sp³-hybridized carbons (Fsp3) is 0.0870. The third-order valence-corrected chi connectivity index (χ3v) is 4.63. The monoisotopic (exact) mass is 455 g/mol. The van der Waals surface area contributed by atoms with E-state index in [2.05, 4.69) is 15.8 Å². The third kappa shape index (κ3) is 7.44. The lowest BCUT2D eigenvalue weighted by Crippen LogP contribution is -2.37. The predicted molar refractivity (Wildman–Crippen MR) is 121 cm³/mol. The average molecular weight is 456 g/mol. The van der Waals surface area contributed by atoms with Crippen LogP contribution in [0, 0.1) is 0 Å². The van der Waals surface area contributed by atoms with Gasteiger partial charge in [-0.1, -0.05) is 59.6 Å². The van der Waals surface area contributed by atoms with Crippen molar-refractivity contribution in [1.82, 2.24) is 10.7 Å². The Balaban J connectivity index is 1.46. The van der Waals surface area contributed by atoms with Crippen molar-refractivity contribution in [2.75, 3.05) is 0 Å². The van der Waals surface area contributed by atoms with E-state index < -0.39 is 11.8 Å². The van der Waals surface area contributed by atoms with Crippen LogP contribution in [-0.2, 0) is 22.7 Å². The van der Waals surface area contributed by atoms with Crippen molar-refractivity contribution in [3.8, 4) is 5.75 Å². The Morgan fingerprint density at radius 1 is 0.871 bits per heavy atom. The van der Waals surface area contributed by atoms with Crippen molar-refractivity contribution in [3.63, 3.8) is 0 Å². The van der Waals surface area contributed by atoms with Crippen molar-refractivity contribution < 1.29 is 14.3 Å². The lowest BCUT2D eigenvalue weighted by Gasteiger charge is -2.07. The molecule has 0 radical (unpaired) electrons. The zero-order valence-corrected chi connectivity index (χ0v) is 17.9. The van der Waals surface area contributed by atoms with Crippen molar-refractivity contribution in [3.05, 3.63) is 99.5 Å². The van der Waals surface area contributed by atoms with E-state index in [-0.39, 0.29) is 6.54 Å². The van der Waals surface area contributed by atoms with Gasteiger partial charge in [-0.2, -0.15) is 5.10 Å². The zero-order valence-electron chi connectivity index (χ0n) is 16.3. The van der Waals surface area contributed by atoms with Crippen LogP contribution >= 0.6 is 23.2 Å². The fourth-order valence-electron chi connectivity index (χ4n) is 2.51. The molecule has 2 amide bonds. The van der Waals surface area contributed by atoms with Gasteiger partial charge in [-0.3, -0.25) is 9.59 Å². The smallest absolute Gasteiger partial charge is 0.329 e. The number of benzene rings is 3. The first kappa shape index (κ1) is 22.3. The largest absolute Gasteiger partial charge is 0.489 e. The minimum atomic E-state index is -0.861. The van der Waals surface area contributed by atoms with E-state index in [0.29, 0.717) is 28.0 Å². The van der Waals surface area contributed by atoms with Gasteiger partial charge >= 0.3 is 11.8 Å². The fourth-order valence-corrected chi connectivity index (χ4v) is 2.76. The first-order chi connectivity index (χ1) is 15.0. The maximum atomic E-state index is 11.9. The van der Waals surface area contributed by atoms with Crippen LogP contribution in [0.15, 0.2) is 77.9 Å². The number of nitrogens with zero attached hydrogens (tertiary/aromatic N) is 1. The highest BCUT2D eigenvalue weighted by molar-refractivity contribution is 6.35. The Hall–Kier alpha value is -3.35. The van der Waals surface area contributed by atoms with Gasteiger partial charge in [-0.25, -0.2) is 5.43 Å². The highest BCUT2D eigenvalue weighted by Gasteiger charge is 2.11. The highest BCUT2D eigenvalue weighted by Crippen LogP contribution is 2.16. The maximum absolute atomic E-state index is 11.9. The average Bonchev–Trinajstić information content (AvgIpc) is 2.78. The summed E-state index contributed by atoms with van der Waals surface area (Å²) < 4.78 is 5.76. The molecule has 0 atom stereocenters. The number of halogens is 2. The van der Waals surface area contributed by atoms with Crippen LogP contribution in [0.2, 0.25) is 10.0 Å². The second-order valence-electron chi connectivity index (χ2n) is 6.50. The summed E-state index contributed by atoms with van der Waals surface area (Å²) in [5.41, 5.74) is 4.72. The molecule has 3 aromatic carbocycles. The SMILES string of the molecule is O=C(NCc1ccc(Cl)cc1)C(=O)N/N=C\c1cccc(OCc2ccc(Cl)cc2)c1. The minimum absolute atomic E-state index is 0.208. The molecule has 0 aliphatic rings. The van der Waals surface area contributed by atoms with Gasteiger partial charge in [0.1, 0.15) is 12.4 Å². The standard InChI is InChI=1S/C23H19Cl2N3O3/c24-19-8-4-16(5-9-19)13-26-22(29)23(30)28-27-14-18-2-1-3-21(12-18)31-15-17-6-10-20(25)11-7-17/h1-12,14H,13,15H2,(H,26,29)(H,28,30)/b27-14-. The number of hydrogen-bond donors (Lipinski definition) is 2. The molecule has 0 bridgehead atoms. The second-order valence-corrected chi connectivity index (χ2v) is 7.37. The molecule has 3 rings (SSSR count). The van der Waals surface area contributed by atoms with Crippen LogP contribution in [0.4, 0.5) is 0 Å². The number of nitrogens with one attached hydrogen (secondary N) is 2. The van der Waals surface area contributed by atoms with Gasteiger partial charge < -0.3 is 10.1 Å². The number of hydrogen-bond acceptors (Lipinski definition) is 4. The van der Waals surface area contributed by atoms with Crippen LogP contribution in [0.1, 0.15) is 16.7 Å². The Morgan fingerprint density at radius 3 is 2.19 bits per heavy atom. The number of ether oxygens (including phenoxy) is 1. The maximum Gasteiger partial charge on any atom is 0.329 e. The van der Waals surface area contributed by atoms with Crippen LogP contribution < -0.4 is 15.5 Å². The number of carbonyl (C=O) groups excluding carboxylic acids is 2. The van der Waals surface area contributed by atoms with E-state index in [9.17, 15) is 9.59 Å². The molecule has 0 spiro atoms. The van der Waals surface area contributed by atoms with E-state index in [1.807, 2.05) is 18.2 Å². The van der Waals surface area contributed by atoms with Crippen LogP contribution in [-0.4, -0.2) is 18.0 Å². The van der Waals surface area contributed by atoms with Gasteiger partial charge in [-0.05, 0) is 53.1 Å². The summed E-state index contributed by atoms with van der Waals surface area (Å²) in [6, 6.07) is 21.5. The molecule has 3 aromatic rings. The Morgan fingerprint density at radius 2 is 1.52 bits per heavy atom. The van der Waals surface area contributed by atoms with Crippen LogP contribution in [0.5, 0.6) is 5.75 Å². The summed E-state index contributed by atoms with van der Waals surface area (Å²) in [6.07, 6.45) is 1.43. The van der Waals surface area contributed by atoms with E-state index in [1.54, 1.807) is 54.6 Å². The van der Waals surface area contributed by atoms with Gasteiger partial charge in [0.25, 0.3) is 0 Å². The molecule has 0 fully saturated rings. The van der Waals surface area contributed by atoms with Crippen LogP contribution in [0.3, 0.4) is 0 Å². The minimum Gasteiger partial charge on any atom is -0.489 e. The quantitative estimate of drug-likeness (QED) is 0.316. The van der Waals surface area contributed by atoms with Gasteiger partial charge in [0.05, 0.1) is 6.21 Å². The van der Waals surface area contributed by atoms with Gasteiger partial charge in [0.15, 0.2) is 0 Å². The summed E-state index contributed by atoms with van der Waals surface area (Å²) in [4.78, 5) is 23.7. The molecule has 0 saturated carbocycles. The third-order valence-electron chi connectivity index (χ3n) is 4.13. The summed E-state index contributed by atoms with van der Waals surface area (Å²) in [7, 11) is 0. The predicted octanol–water partition coefficient (Wildman–Crippen LogP) is 4.34. The van der Waals surface area contributed by atoms with E-state index in [0.717, 1.165) is 11.1 Å². The van der Waals surface area contributed by atoms with Crippen LogP contribution in [0.25, 0.3) is 0 Å². The second kappa shape index (κ2) is 11.2. The van der Waals surface area contributed by atoms with Crippen molar-refractivity contribution >= 4 is 41.2 Å². The summed E-state index contributed by atoms with van der Waals surface area (Å²) in [6.45, 7) is 0.600. The van der Waals surface area contributed by atoms with E-state index >= 15 is 0 Å². The molecule has 6 nitrogen and oxygen atoms in total. The molecule has 0 heterocycles. The molecule has 0 saturated heterocycles. The normalized spacial score (nSPS) is 10.6. The number of amides is 2. The number of hydrazone groups is 1. The molecule has 0 aliphatic heterocycles. The lowest BCUT2D eigenvalue weighted by molar-refractivity contribution is -0.139. The van der Waals surface area contributed by atoms with Crippen molar-refractivity contribution in [2.45, 2.75) is 13.2 Å². The molecular weight excluding hydrogens is 437 g/mol. The first-order valence-corrected chi connectivity index (χ1v) is 10.1. The van der Waals surface area contributed by atoms with Gasteiger partial charge in [0, 0.05) is 16.6 Å². The molecule has 8 heteroatoms. The molecule has 158 valence electrons. The van der Waals surface area contributed by atoms with Gasteiger partial charge in [0.2, 0.25) is 0 Å². The topological polar surface area (TPSA) is 79.8 Å². The van der Waals surface area contributed by atoms with Gasteiger partial charge in [-0.15, -0.1) is 0 Å². The molecular formula is C23H19Cl2N3O3. The van der Waals surface area contributed by atoms with E-state index in [4.69, 9.17) is 27.9 Å². The summed E-state index contributed by atoms with van der Waals surface area (Å²) in [5, 5.41) is 7.61. The van der Waals surface area contributed by atoms with E-state index in [1.165, 1.54) is 6.21 Å². The highest BCUT2D eigenvalue weighted by atomic mass is 35.5. The zero-order chi connectivity index (χ0) is 22.1. The summed E-state index contributed by atoms with van der Waals surface area (Å²) >= 11 is 11.7. The molecule has 0 unspecified atom stereocenters. The summed E-state index contributed by atoms with van der Waals surface area (Å²) in [5.74, 6) is -1.00. The molecule has 2 N–H and O–H groups in total. The van der Waals surface area contributed by atoms with Crippen molar-refractivity contribution in [1.29, 1.82) is 0 Å². The number of rotatable bonds is 7. The lowest BCUT2D eigenvalue weighted by atomic mass is 10.2.